The van der Waals surface area contributed by atoms with Crippen LogP contribution in [-0.4, -0.2) is 38.3 Å². The second-order valence-electron chi connectivity index (χ2n) is 6.99. The van der Waals surface area contributed by atoms with Crippen LogP contribution in [0.2, 0.25) is 0 Å². The lowest BCUT2D eigenvalue weighted by atomic mass is 10.1. The Balaban J connectivity index is 1.60. The minimum atomic E-state index is -3.55. The molecule has 0 fully saturated rings. The Labute approximate surface area is 171 Å². The van der Waals surface area contributed by atoms with Gasteiger partial charge in [-0.05, 0) is 61.0 Å². The van der Waals surface area contributed by atoms with Gasteiger partial charge in [0.2, 0.25) is 10.0 Å². The van der Waals surface area contributed by atoms with Gasteiger partial charge >= 0.3 is 0 Å². The number of carbonyl (C=O) groups is 1. The molecule has 0 bridgehead atoms. The molecule has 29 heavy (non-hydrogen) atoms. The van der Waals surface area contributed by atoms with E-state index >= 15 is 0 Å². The van der Waals surface area contributed by atoms with Crippen molar-refractivity contribution in [1.82, 2.24) is 4.31 Å². The van der Waals surface area contributed by atoms with Crippen LogP contribution >= 0.6 is 0 Å². The topological polar surface area (TPSA) is 75.7 Å². The zero-order valence-corrected chi connectivity index (χ0v) is 17.4. The molecule has 0 heterocycles. The van der Waals surface area contributed by atoms with Gasteiger partial charge in [0.15, 0.2) is 6.61 Å². The first-order valence-electron chi connectivity index (χ1n) is 9.27. The van der Waals surface area contributed by atoms with E-state index in [-0.39, 0.29) is 23.5 Å². The Morgan fingerprint density at radius 3 is 2.31 bits per heavy atom. The van der Waals surface area contributed by atoms with E-state index in [1.807, 2.05) is 56.3 Å². The van der Waals surface area contributed by atoms with Gasteiger partial charge in [0.25, 0.3) is 5.91 Å². The molecule has 0 atom stereocenters. The Hall–Kier alpha value is -2.90. The van der Waals surface area contributed by atoms with Crippen molar-refractivity contribution in [3.8, 4) is 5.75 Å². The summed E-state index contributed by atoms with van der Waals surface area (Å²) in [5.74, 6) is 0.282. The van der Waals surface area contributed by atoms with Crippen LogP contribution in [0.15, 0.2) is 71.6 Å². The maximum Gasteiger partial charge on any atom is 0.262 e. The van der Waals surface area contributed by atoms with Gasteiger partial charge in [-0.3, -0.25) is 4.79 Å². The average Bonchev–Trinajstić information content (AvgIpc) is 2.71. The number of nitrogens with one attached hydrogen (secondary N) is 1. The molecule has 7 heteroatoms. The first-order chi connectivity index (χ1) is 13.8. The Kier molecular flexibility index (Phi) is 6.20. The third kappa shape index (κ3) is 4.93. The van der Waals surface area contributed by atoms with E-state index in [1.165, 1.54) is 16.4 Å². The average molecular weight is 413 g/mol. The molecule has 0 aliphatic carbocycles. The highest BCUT2D eigenvalue weighted by Gasteiger charge is 2.22. The number of hydrogen-bond donors (Lipinski definition) is 1. The van der Waals surface area contributed by atoms with Crippen molar-refractivity contribution in [2.45, 2.75) is 24.8 Å². The van der Waals surface area contributed by atoms with E-state index < -0.39 is 10.0 Å². The second-order valence-corrected chi connectivity index (χ2v) is 8.98. The van der Waals surface area contributed by atoms with Crippen LogP contribution in [0, 0.1) is 0 Å². The standard InChI is InChI=1S/C22H24N2O4S/c1-16(2)24(3)29(26,27)21-12-9-19(10-13-21)23-22(25)15-28-20-11-8-17-6-4-5-7-18(17)14-20/h4-14,16H,15H2,1-3H3,(H,23,25). The van der Waals surface area contributed by atoms with Gasteiger partial charge < -0.3 is 10.1 Å². The molecular formula is C22H24N2O4S. The molecule has 0 saturated heterocycles. The highest BCUT2D eigenvalue weighted by molar-refractivity contribution is 7.89. The van der Waals surface area contributed by atoms with E-state index in [0.717, 1.165) is 10.8 Å². The third-order valence-electron chi connectivity index (χ3n) is 4.63. The van der Waals surface area contributed by atoms with Crippen molar-refractivity contribution in [1.29, 1.82) is 0 Å². The van der Waals surface area contributed by atoms with Gasteiger partial charge in [0.05, 0.1) is 4.90 Å². The fraction of sp³-hybridized carbons (Fsp3) is 0.227. The first kappa shape index (κ1) is 20.8. The van der Waals surface area contributed by atoms with Crippen LogP contribution in [0.5, 0.6) is 5.75 Å². The van der Waals surface area contributed by atoms with Crippen LogP contribution in [-0.2, 0) is 14.8 Å². The van der Waals surface area contributed by atoms with Crippen molar-refractivity contribution in [2.24, 2.45) is 0 Å². The molecule has 1 N–H and O–H groups in total. The summed E-state index contributed by atoms with van der Waals surface area (Å²) in [5.41, 5.74) is 0.503. The quantitative estimate of drug-likeness (QED) is 0.639. The van der Waals surface area contributed by atoms with Crippen LogP contribution in [0.1, 0.15) is 13.8 Å². The Morgan fingerprint density at radius 2 is 1.66 bits per heavy atom. The molecule has 3 aromatic carbocycles. The molecule has 3 aromatic rings. The summed E-state index contributed by atoms with van der Waals surface area (Å²) in [6, 6.07) is 19.5. The number of amides is 1. The van der Waals surface area contributed by atoms with Crippen molar-refractivity contribution in [3.05, 3.63) is 66.7 Å². The van der Waals surface area contributed by atoms with E-state index in [2.05, 4.69) is 5.32 Å². The number of carbonyl (C=O) groups excluding carboxylic acids is 1. The van der Waals surface area contributed by atoms with Crippen LogP contribution in [0.4, 0.5) is 5.69 Å². The van der Waals surface area contributed by atoms with Gasteiger partial charge in [-0.15, -0.1) is 0 Å². The molecule has 152 valence electrons. The Morgan fingerprint density at radius 1 is 1.00 bits per heavy atom. The molecule has 0 unspecified atom stereocenters. The number of fused-ring (bicyclic) bond motifs is 1. The number of sulfonamides is 1. The summed E-state index contributed by atoms with van der Waals surface area (Å²) in [6.45, 7) is 3.47. The lowest BCUT2D eigenvalue weighted by Gasteiger charge is -2.21. The minimum Gasteiger partial charge on any atom is -0.484 e. The van der Waals surface area contributed by atoms with Crippen molar-refractivity contribution < 1.29 is 17.9 Å². The SMILES string of the molecule is CC(C)N(C)S(=O)(=O)c1ccc(NC(=O)COc2ccc3ccccc3c2)cc1. The number of nitrogens with zero attached hydrogens (tertiary/aromatic N) is 1. The second kappa shape index (κ2) is 8.63. The molecule has 6 nitrogen and oxygen atoms in total. The van der Waals surface area contributed by atoms with E-state index in [0.29, 0.717) is 11.4 Å². The summed E-state index contributed by atoms with van der Waals surface area (Å²) in [7, 11) is -2.01. The van der Waals surface area contributed by atoms with Crippen molar-refractivity contribution in [3.63, 3.8) is 0 Å². The van der Waals surface area contributed by atoms with Crippen molar-refractivity contribution in [2.75, 3.05) is 19.0 Å². The fourth-order valence-corrected chi connectivity index (χ4v) is 4.12. The zero-order valence-electron chi connectivity index (χ0n) is 16.6. The van der Waals surface area contributed by atoms with Gasteiger partial charge in [-0.1, -0.05) is 30.3 Å². The monoisotopic (exact) mass is 412 g/mol. The summed E-state index contributed by atoms with van der Waals surface area (Å²) < 4.78 is 31.8. The maximum atomic E-state index is 12.5. The largest absolute Gasteiger partial charge is 0.484 e. The molecule has 0 aliphatic heterocycles. The van der Waals surface area contributed by atoms with Gasteiger partial charge in [-0.25, -0.2) is 8.42 Å². The van der Waals surface area contributed by atoms with Crippen LogP contribution in [0.3, 0.4) is 0 Å². The summed E-state index contributed by atoms with van der Waals surface area (Å²) >= 11 is 0. The molecule has 0 saturated carbocycles. The highest BCUT2D eigenvalue weighted by atomic mass is 32.2. The number of benzene rings is 3. The predicted octanol–water partition coefficient (Wildman–Crippen LogP) is 3.89. The summed E-state index contributed by atoms with van der Waals surface area (Å²) in [5, 5.41) is 4.84. The van der Waals surface area contributed by atoms with Gasteiger partial charge in [0.1, 0.15) is 5.75 Å². The molecule has 3 rings (SSSR count). The molecular weight excluding hydrogens is 388 g/mol. The molecule has 0 radical (unpaired) electrons. The van der Waals surface area contributed by atoms with Gasteiger partial charge in [0, 0.05) is 18.8 Å². The van der Waals surface area contributed by atoms with Crippen LogP contribution < -0.4 is 10.1 Å². The number of hydrogen-bond acceptors (Lipinski definition) is 4. The number of rotatable bonds is 7. The molecule has 0 aromatic heterocycles. The third-order valence-corrected chi connectivity index (χ3v) is 6.68. The maximum absolute atomic E-state index is 12.5. The van der Waals surface area contributed by atoms with Crippen molar-refractivity contribution >= 4 is 32.4 Å². The van der Waals surface area contributed by atoms with Gasteiger partial charge in [-0.2, -0.15) is 4.31 Å². The summed E-state index contributed by atoms with van der Waals surface area (Å²) in [4.78, 5) is 12.3. The molecule has 0 spiro atoms. The van der Waals surface area contributed by atoms with Crippen LogP contribution in [0.25, 0.3) is 10.8 Å². The first-order valence-corrected chi connectivity index (χ1v) is 10.7. The number of anilines is 1. The normalized spacial score (nSPS) is 11.8. The van der Waals surface area contributed by atoms with E-state index in [4.69, 9.17) is 4.74 Å². The number of ether oxygens (including phenoxy) is 1. The van der Waals surface area contributed by atoms with E-state index in [1.54, 1.807) is 19.2 Å². The smallest absolute Gasteiger partial charge is 0.262 e. The fourth-order valence-electron chi connectivity index (χ4n) is 2.76. The summed E-state index contributed by atoms with van der Waals surface area (Å²) in [6.07, 6.45) is 0. The minimum absolute atomic E-state index is 0.144. The lowest BCUT2D eigenvalue weighted by molar-refractivity contribution is -0.118. The Bertz CT molecular complexity index is 1110. The van der Waals surface area contributed by atoms with E-state index in [9.17, 15) is 13.2 Å². The zero-order chi connectivity index (χ0) is 21.0. The molecule has 1 amide bonds. The lowest BCUT2D eigenvalue weighted by Crippen LogP contribution is -2.33. The molecule has 0 aliphatic rings. The highest BCUT2D eigenvalue weighted by Crippen LogP contribution is 2.21. The predicted molar refractivity (Wildman–Crippen MR) is 115 cm³/mol.